The Labute approximate surface area is 210 Å². The van der Waals surface area contributed by atoms with Crippen LogP contribution < -0.4 is 4.90 Å². The first-order valence-corrected chi connectivity index (χ1v) is 13.1. The number of hydrogen-bond donors (Lipinski definition) is 2. The van der Waals surface area contributed by atoms with E-state index >= 15 is 0 Å². The van der Waals surface area contributed by atoms with Gasteiger partial charge in [0.05, 0.1) is 24.5 Å². The second-order valence-electron chi connectivity index (χ2n) is 9.92. The molecule has 1 saturated carbocycles. The van der Waals surface area contributed by atoms with Crippen molar-refractivity contribution >= 4 is 22.4 Å². The van der Waals surface area contributed by atoms with Gasteiger partial charge in [0.15, 0.2) is 5.13 Å². The van der Waals surface area contributed by atoms with Crippen LogP contribution in [0.5, 0.6) is 0 Å². The maximum absolute atomic E-state index is 13.8. The van der Waals surface area contributed by atoms with Crippen LogP contribution in [0.2, 0.25) is 0 Å². The monoisotopic (exact) mass is 517 g/mol. The second-order valence-corrected chi connectivity index (χ2v) is 10.9. The summed E-state index contributed by atoms with van der Waals surface area (Å²) < 4.78 is 47.7. The van der Waals surface area contributed by atoms with Gasteiger partial charge in [-0.2, -0.15) is 13.2 Å². The number of thiazole rings is 1. The quantitative estimate of drug-likeness (QED) is 0.377. The molecule has 2 atom stereocenters. The maximum Gasteiger partial charge on any atom is 0.417 e. The van der Waals surface area contributed by atoms with Crippen molar-refractivity contribution in [1.29, 1.82) is 0 Å². The van der Waals surface area contributed by atoms with Crippen LogP contribution >= 0.6 is 11.3 Å². The normalized spacial score (nSPS) is 23.9. The second kappa shape index (κ2) is 8.92. The van der Waals surface area contributed by atoms with Crippen molar-refractivity contribution < 1.29 is 27.8 Å². The first kappa shape index (κ1) is 23.5. The number of carbonyl (C=O) groups is 1. The average molecular weight is 518 g/mol. The molecular weight excluding hydrogens is 491 g/mol. The molecule has 2 saturated heterocycles. The number of ether oxygens (including phenoxy) is 1. The summed E-state index contributed by atoms with van der Waals surface area (Å²) in [7, 11) is 0. The zero-order valence-corrected chi connectivity index (χ0v) is 20.2. The fourth-order valence-electron chi connectivity index (χ4n) is 5.83. The molecule has 1 aromatic carbocycles. The summed E-state index contributed by atoms with van der Waals surface area (Å²) in [6.07, 6.45) is 4.29. The minimum Gasteiger partial charge on any atom is -0.477 e. The maximum atomic E-state index is 13.8. The van der Waals surface area contributed by atoms with Gasteiger partial charge in [-0.15, -0.1) is 0 Å². The van der Waals surface area contributed by atoms with Gasteiger partial charge < -0.3 is 19.7 Å². The highest BCUT2D eigenvalue weighted by molar-refractivity contribution is 7.17. The fraction of sp³-hybridized carbons (Fsp3) is 0.462. The van der Waals surface area contributed by atoms with E-state index in [-0.39, 0.29) is 35.2 Å². The summed E-state index contributed by atoms with van der Waals surface area (Å²) in [5.74, 6) is -0.619. The van der Waals surface area contributed by atoms with E-state index in [0.29, 0.717) is 11.5 Å². The molecule has 1 aliphatic carbocycles. The summed E-state index contributed by atoms with van der Waals surface area (Å²) in [6.45, 7) is 0.265. The lowest BCUT2D eigenvalue weighted by molar-refractivity contribution is -0.137. The third-order valence-corrected chi connectivity index (χ3v) is 8.61. The molecule has 190 valence electrons. The van der Waals surface area contributed by atoms with Gasteiger partial charge in [0.2, 0.25) is 0 Å². The number of aromatic nitrogens is 2. The lowest BCUT2D eigenvalue weighted by atomic mass is 9.96. The Kier molecular flexibility index (Phi) is 5.83. The van der Waals surface area contributed by atoms with Crippen molar-refractivity contribution in [2.45, 2.75) is 75.4 Å². The van der Waals surface area contributed by atoms with Crippen molar-refractivity contribution in [3.05, 3.63) is 58.4 Å². The van der Waals surface area contributed by atoms with Crippen LogP contribution in [0.4, 0.5) is 18.3 Å². The number of aromatic amines is 1. The Morgan fingerprint density at radius 2 is 1.86 bits per heavy atom. The molecule has 3 aromatic rings. The highest BCUT2D eigenvalue weighted by atomic mass is 32.1. The molecular formula is C26H26F3N3O3S. The topological polar surface area (TPSA) is 78.4 Å². The van der Waals surface area contributed by atoms with Crippen LogP contribution in [0.25, 0.3) is 11.1 Å². The van der Waals surface area contributed by atoms with Crippen LogP contribution in [0.3, 0.4) is 0 Å². The van der Waals surface area contributed by atoms with Crippen molar-refractivity contribution in [2.24, 2.45) is 0 Å². The smallest absolute Gasteiger partial charge is 0.417 e. The van der Waals surface area contributed by atoms with Gasteiger partial charge in [0.25, 0.3) is 0 Å². The third kappa shape index (κ3) is 4.30. The van der Waals surface area contributed by atoms with Gasteiger partial charge >= 0.3 is 12.1 Å². The van der Waals surface area contributed by atoms with E-state index in [1.54, 1.807) is 12.3 Å². The van der Waals surface area contributed by atoms with Crippen LogP contribution in [0.1, 0.15) is 70.9 Å². The molecule has 0 spiro atoms. The fourth-order valence-corrected chi connectivity index (χ4v) is 6.72. The van der Waals surface area contributed by atoms with Crippen molar-refractivity contribution in [1.82, 2.24) is 9.97 Å². The molecule has 6 nitrogen and oxygen atoms in total. The first-order valence-electron chi connectivity index (χ1n) is 12.3. The number of carboxylic acids is 1. The molecule has 4 heterocycles. The molecule has 3 fully saturated rings. The number of nitrogens with one attached hydrogen (secondary N) is 1. The van der Waals surface area contributed by atoms with Crippen molar-refractivity contribution in [3.63, 3.8) is 0 Å². The molecule has 36 heavy (non-hydrogen) atoms. The molecule has 2 unspecified atom stereocenters. The van der Waals surface area contributed by atoms with Gasteiger partial charge in [-0.1, -0.05) is 29.5 Å². The number of fused-ring (bicyclic) bond motifs is 2. The Balaban J connectivity index is 1.21. The van der Waals surface area contributed by atoms with E-state index in [2.05, 4.69) is 14.9 Å². The molecule has 10 heteroatoms. The third-order valence-electron chi connectivity index (χ3n) is 7.61. The molecule has 0 amide bonds. The van der Waals surface area contributed by atoms with Crippen molar-refractivity contribution in [2.75, 3.05) is 4.90 Å². The van der Waals surface area contributed by atoms with Crippen molar-refractivity contribution in [3.8, 4) is 11.1 Å². The van der Waals surface area contributed by atoms with Gasteiger partial charge in [0, 0.05) is 35.1 Å². The predicted molar refractivity (Wildman–Crippen MR) is 129 cm³/mol. The molecule has 2 bridgehead atoms. The van der Waals surface area contributed by atoms with Crippen LogP contribution in [0, 0.1) is 0 Å². The predicted octanol–water partition coefficient (Wildman–Crippen LogP) is 6.45. The lowest BCUT2D eigenvalue weighted by Crippen LogP contribution is -2.45. The molecule has 3 aliphatic rings. The minimum atomic E-state index is -4.44. The van der Waals surface area contributed by atoms with E-state index < -0.39 is 17.7 Å². The number of rotatable bonds is 7. The van der Waals surface area contributed by atoms with Gasteiger partial charge in [0.1, 0.15) is 4.88 Å². The Bertz CT molecular complexity index is 1270. The highest BCUT2D eigenvalue weighted by Crippen LogP contribution is 2.46. The summed E-state index contributed by atoms with van der Waals surface area (Å²) in [5, 5.41) is 9.99. The summed E-state index contributed by atoms with van der Waals surface area (Å²) in [5.41, 5.74) is 1.93. The van der Waals surface area contributed by atoms with E-state index in [9.17, 15) is 23.1 Å². The Hall–Kier alpha value is -2.85. The number of H-pyrrole nitrogens is 1. The summed E-state index contributed by atoms with van der Waals surface area (Å²) >= 11 is 1.20. The number of piperidine rings is 1. The molecule has 2 aliphatic heterocycles. The van der Waals surface area contributed by atoms with Crippen LogP contribution in [0.15, 0.2) is 36.7 Å². The molecule has 0 radical (unpaired) electrons. The average Bonchev–Trinajstić information content (AvgIpc) is 3.30. The molecule has 2 aromatic heterocycles. The highest BCUT2D eigenvalue weighted by Gasteiger charge is 2.43. The SMILES string of the molecule is O=C(O)c1cnc(N2C3CCC2CC(OCc2c(-c4ccccc4C(F)(F)F)c[nH]c2C2CC2)C3)s1. The molecule has 2 N–H and O–H groups in total. The Morgan fingerprint density at radius 1 is 1.14 bits per heavy atom. The van der Waals surface area contributed by atoms with E-state index in [4.69, 9.17) is 4.74 Å². The van der Waals surface area contributed by atoms with Gasteiger partial charge in [-0.05, 0) is 56.1 Å². The number of benzene rings is 1. The first-order chi connectivity index (χ1) is 17.3. The summed E-state index contributed by atoms with van der Waals surface area (Å²) in [6, 6.07) is 6.17. The van der Waals surface area contributed by atoms with E-state index in [0.717, 1.165) is 61.0 Å². The summed E-state index contributed by atoms with van der Waals surface area (Å²) in [4.78, 5) is 21.4. The van der Waals surface area contributed by atoms with E-state index in [1.807, 2.05) is 0 Å². The number of hydrogen-bond acceptors (Lipinski definition) is 5. The minimum absolute atomic E-state index is 0.00896. The number of alkyl halides is 3. The lowest BCUT2D eigenvalue weighted by Gasteiger charge is -2.38. The Morgan fingerprint density at radius 3 is 2.50 bits per heavy atom. The number of aromatic carboxylic acids is 1. The van der Waals surface area contributed by atoms with Crippen LogP contribution in [-0.4, -0.2) is 39.2 Å². The van der Waals surface area contributed by atoms with Gasteiger partial charge in [-0.25, -0.2) is 9.78 Å². The molecule has 6 rings (SSSR count). The van der Waals surface area contributed by atoms with Crippen LogP contribution in [-0.2, 0) is 17.5 Å². The van der Waals surface area contributed by atoms with Gasteiger partial charge in [-0.3, -0.25) is 0 Å². The number of carboxylic acid groups (broad SMARTS) is 1. The zero-order valence-electron chi connectivity index (χ0n) is 19.4. The number of halogens is 3. The van der Waals surface area contributed by atoms with E-state index in [1.165, 1.54) is 29.7 Å². The largest absolute Gasteiger partial charge is 0.477 e. The number of nitrogens with zero attached hydrogens (tertiary/aromatic N) is 2. The zero-order chi connectivity index (χ0) is 25.0. The number of anilines is 1. The standard InChI is InChI=1S/C26H26F3N3O3S/c27-26(28,29)21-4-2-1-3-18(21)19-11-30-23(14-5-6-14)20(19)13-35-17-9-15-7-8-16(10-17)32(15)25-31-12-22(36-25)24(33)34/h1-4,11-12,14-17,30H,5-10,13H2,(H,33,34).